The highest BCUT2D eigenvalue weighted by Gasteiger charge is 2.27. The van der Waals surface area contributed by atoms with Crippen molar-refractivity contribution in [3.05, 3.63) is 0 Å². The summed E-state index contributed by atoms with van der Waals surface area (Å²) in [5, 5.41) is 11.1. The second-order valence-electron chi connectivity index (χ2n) is 2.98. The van der Waals surface area contributed by atoms with Crippen LogP contribution in [0.1, 0.15) is 20.3 Å². The molecule has 5 heteroatoms. The van der Waals surface area contributed by atoms with Crippen molar-refractivity contribution < 1.29 is 18.3 Å². The second-order valence-corrected chi connectivity index (χ2v) is 2.98. The molecule has 0 aliphatic heterocycles. The number of nitrogens with one attached hydrogen (secondary N) is 1. The first-order valence-corrected chi connectivity index (χ1v) is 3.79. The first-order chi connectivity index (χ1) is 5.31. The molecule has 2 nitrogen and oxygen atoms in total. The third-order valence-electron chi connectivity index (χ3n) is 1.35. The molecular weight excluding hydrogens is 171 g/mol. The van der Waals surface area contributed by atoms with Gasteiger partial charge in [0, 0.05) is 6.04 Å². The molecular formula is C7H14F3NO. The zero-order valence-electron chi connectivity index (χ0n) is 7.15. The molecule has 0 heterocycles. The van der Waals surface area contributed by atoms with Crippen LogP contribution in [-0.2, 0) is 0 Å². The van der Waals surface area contributed by atoms with E-state index in [0.717, 1.165) is 0 Å². The van der Waals surface area contributed by atoms with Crippen molar-refractivity contribution in [2.45, 2.75) is 38.6 Å². The Labute approximate surface area is 69.8 Å². The third-order valence-corrected chi connectivity index (χ3v) is 1.35. The Balaban J connectivity index is 3.51. The summed E-state index contributed by atoms with van der Waals surface area (Å²) < 4.78 is 34.9. The molecule has 0 aromatic heterocycles. The number of alkyl halides is 3. The van der Waals surface area contributed by atoms with E-state index in [0.29, 0.717) is 6.42 Å². The van der Waals surface area contributed by atoms with Crippen molar-refractivity contribution in [2.75, 3.05) is 6.54 Å². The maximum atomic E-state index is 11.6. The number of hydrogen-bond acceptors (Lipinski definition) is 2. The van der Waals surface area contributed by atoms with Gasteiger partial charge in [-0.05, 0) is 20.3 Å². The molecule has 0 radical (unpaired) electrons. The average Bonchev–Trinajstić information content (AvgIpc) is 1.80. The van der Waals surface area contributed by atoms with Crippen molar-refractivity contribution in [3.63, 3.8) is 0 Å². The fourth-order valence-corrected chi connectivity index (χ4v) is 0.885. The van der Waals surface area contributed by atoms with E-state index in [9.17, 15) is 13.2 Å². The molecule has 2 unspecified atom stereocenters. The predicted octanol–water partition coefficient (Wildman–Crippen LogP) is 1.30. The minimum absolute atomic E-state index is 0.313. The molecule has 0 aromatic carbocycles. The van der Waals surface area contributed by atoms with Crippen LogP contribution in [0.15, 0.2) is 0 Å². The van der Waals surface area contributed by atoms with E-state index >= 15 is 0 Å². The summed E-state index contributed by atoms with van der Waals surface area (Å²) in [6, 6.07) is -0.313. The molecule has 0 spiro atoms. The lowest BCUT2D eigenvalue weighted by atomic mass is 10.1. The lowest BCUT2D eigenvalue weighted by Gasteiger charge is -2.16. The lowest BCUT2D eigenvalue weighted by molar-refractivity contribution is -0.126. The number of aliphatic hydroxyl groups excluding tert-OH is 1. The van der Waals surface area contributed by atoms with E-state index in [1.165, 1.54) is 0 Å². The minimum atomic E-state index is -4.17. The van der Waals surface area contributed by atoms with Crippen LogP contribution in [0.3, 0.4) is 0 Å². The largest absolute Gasteiger partial charge is 0.401 e. The van der Waals surface area contributed by atoms with Gasteiger partial charge in [-0.3, -0.25) is 0 Å². The fourth-order valence-electron chi connectivity index (χ4n) is 0.885. The lowest BCUT2D eigenvalue weighted by Crippen LogP contribution is -2.36. The second kappa shape index (κ2) is 4.67. The molecule has 0 aliphatic carbocycles. The van der Waals surface area contributed by atoms with Crippen LogP contribution >= 0.6 is 0 Å². The quantitative estimate of drug-likeness (QED) is 0.691. The highest BCUT2D eigenvalue weighted by atomic mass is 19.4. The van der Waals surface area contributed by atoms with Crippen LogP contribution in [0.5, 0.6) is 0 Å². The van der Waals surface area contributed by atoms with Gasteiger partial charge in [0.2, 0.25) is 0 Å². The molecule has 12 heavy (non-hydrogen) atoms. The first-order valence-electron chi connectivity index (χ1n) is 3.79. The molecule has 0 saturated carbocycles. The van der Waals surface area contributed by atoms with E-state index in [-0.39, 0.29) is 6.04 Å². The first kappa shape index (κ1) is 11.7. The van der Waals surface area contributed by atoms with Crippen molar-refractivity contribution in [1.29, 1.82) is 0 Å². The van der Waals surface area contributed by atoms with Crippen LogP contribution in [0.2, 0.25) is 0 Å². The van der Waals surface area contributed by atoms with Gasteiger partial charge in [0.15, 0.2) is 0 Å². The summed E-state index contributed by atoms with van der Waals surface area (Å²) in [6.07, 6.45) is -4.41. The van der Waals surface area contributed by atoms with Gasteiger partial charge in [-0.1, -0.05) is 0 Å². The minimum Gasteiger partial charge on any atom is -0.393 e. The Bertz CT molecular complexity index is 124. The van der Waals surface area contributed by atoms with E-state index in [1.54, 1.807) is 13.8 Å². The number of aliphatic hydroxyl groups is 1. The van der Waals surface area contributed by atoms with Gasteiger partial charge in [0.1, 0.15) is 0 Å². The normalized spacial score (nSPS) is 17.5. The van der Waals surface area contributed by atoms with Crippen LogP contribution < -0.4 is 5.32 Å². The highest BCUT2D eigenvalue weighted by molar-refractivity contribution is 4.66. The Morgan fingerprint density at radius 2 is 1.83 bits per heavy atom. The van der Waals surface area contributed by atoms with Gasteiger partial charge >= 0.3 is 6.18 Å². The summed E-state index contributed by atoms with van der Waals surface area (Å²) in [5.41, 5.74) is 0. The topological polar surface area (TPSA) is 32.3 Å². The average molecular weight is 185 g/mol. The maximum Gasteiger partial charge on any atom is 0.401 e. The van der Waals surface area contributed by atoms with Gasteiger partial charge in [-0.15, -0.1) is 0 Å². The number of rotatable bonds is 4. The SMILES string of the molecule is CC(O)CC(C)NCC(F)(F)F. The van der Waals surface area contributed by atoms with Crippen LogP contribution in [0.25, 0.3) is 0 Å². The maximum absolute atomic E-state index is 11.6. The van der Waals surface area contributed by atoms with Crippen LogP contribution in [0.4, 0.5) is 13.2 Å². The molecule has 0 aliphatic rings. The summed E-state index contributed by atoms with van der Waals surface area (Å²) in [5.74, 6) is 0. The molecule has 0 fully saturated rings. The van der Waals surface area contributed by atoms with Crippen molar-refractivity contribution in [1.82, 2.24) is 5.32 Å². The van der Waals surface area contributed by atoms with Gasteiger partial charge in [0.05, 0.1) is 12.6 Å². The Kier molecular flexibility index (Phi) is 4.55. The fraction of sp³-hybridized carbons (Fsp3) is 1.00. The number of hydrogen-bond donors (Lipinski definition) is 2. The Hall–Kier alpha value is -0.290. The predicted molar refractivity (Wildman–Crippen MR) is 39.8 cm³/mol. The van der Waals surface area contributed by atoms with E-state index in [4.69, 9.17) is 5.11 Å². The van der Waals surface area contributed by atoms with E-state index < -0.39 is 18.8 Å². The van der Waals surface area contributed by atoms with Gasteiger partial charge < -0.3 is 10.4 Å². The molecule has 2 N–H and O–H groups in total. The van der Waals surface area contributed by atoms with Crippen LogP contribution in [-0.4, -0.2) is 30.0 Å². The molecule has 0 amide bonds. The van der Waals surface area contributed by atoms with Crippen molar-refractivity contribution in [3.8, 4) is 0 Å². The Morgan fingerprint density at radius 1 is 1.33 bits per heavy atom. The molecule has 0 saturated heterocycles. The molecule has 2 atom stereocenters. The molecule has 74 valence electrons. The van der Waals surface area contributed by atoms with Gasteiger partial charge in [-0.2, -0.15) is 13.2 Å². The van der Waals surface area contributed by atoms with Gasteiger partial charge in [0.25, 0.3) is 0 Å². The zero-order valence-corrected chi connectivity index (χ0v) is 7.15. The monoisotopic (exact) mass is 185 g/mol. The standard InChI is InChI=1S/C7H14F3NO/c1-5(3-6(2)12)11-4-7(8,9)10/h5-6,11-12H,3-4H2,1-2H3. The zero-order chi connectivity index (χ0) is 9.78. The summed E-state index contributed by atoms with van der Waals surface area (Å²) in [7, 11) is 0. The molecule has 0 rings (SSSR count). The summed E-state index contributed by atoms with van der Waals surface area (Å²) in [4.78, 5) is 0. The van der Waals surface area contributed by atoms with E-state index in [2.05, 4.69) is 5.32 Å². The summed E-state index contributed by atoms with van der Waals surface area (Å²) in [6.45, 7) is 2.16. The number of halogens is 3. The molecule has 0 bridgehead atoms. The summed E-state index contributed by atoms with van der Waals surface area (Å²) >= 11 is 0. The van der Waals surface area contributed by atoms with Crippen LogP contribution in [0, 0.1) is 0 Å². The Morgan fingerprint density at radius 3 is 2.17 bits per heavy atom. The highest BCUT2D eigenvalue weighted by Crippen LogP contribution is 2.13. The van der Waals surface area contributed by atoms with Gasteiger partial charge in [-0.25, -0.2) is 0 Å². The smallest absolute Gasteiger partial charge is 0.393 e. The third kappa shape index (κ3) is 7.81. The van der Waals surface area contributed by atoms with E-state index in [1.807, 2.05) is 0 Å². The van der Waals surface area contributed by atoms with Crippen molar-refractivity contribution in [2.24, 2.45) is 0 Å². The van der Waals surface area contributed by atoms with Crippen molar-refractivity contribution >= 4 is 0 Å². The molecule has 0 aromatic rings.